The van der Waals surface area contributed by atoms with Crippen LogP contribution in [0.2, 0.25) is 0 Å². The quantitative estimate of drug-likeness (QED) is 0.412. The molecule has 4 heterocycles. The molecule has 3 saturated heterocycles. The van der Waals surface area contributed by atoms with Crippen molar-refractivity contribution in [2.75, 3.05) is 19.7 Å². The number of carbonyl (C=O) groups excluding carboxylic acids is 2. The summed E-state index contributed by atoms with van der Waals surface area (Å²) in [7, 11) is -4.89. The standard InChI is InChI=1S/C16H24N6O7S/c17-14(23)16(3-2-13-9-21(16)15(24)22(13)29-30(25,26)27)28-10-12-6-11(7-18-12)8-20-5-1-4-19-20/h1,4-5,11-13,18H,2-3,6-10H2,(H2,17,23)(H,25,26,27)/t11-,12-,13?,16?/m1/s1. The van der Waals surface area contributed by atoms with E-state index in [-0.39, 0.29) is 32.0 Å². The first-order valence-corrected chi connectivity index (χ1v) is 11.0. The molecule has 3 fully saturated rings. The molecule has 3 amide bonds. The lowest BCUT2D eigenvalue weighted by Crippen LogP contribution is -2.62. The number of nitrogens with two attached hydrogens (primary N) is 1. The summed E-state index contributed by atoms with van der Waals surface area (Å²) in [4.78, 5) is 26.0. The van der Waals surface area contributed by atoms with E-state index in [1.807, 2.05) is 16.9 Å². The van der Waals surface area contributed by atoms with Crippen LogP contribution in [0, 0.1) is 5.92 Å². The fourth-order valence-electron chi connectivity index (χ4n) is 4.40. The second kappa shape index (κ2) is 7.77. The molecule has 0 saturated carbocycles. The second-order valence-electron chi connectivity index (χ2n) is 7.81. The monoisotopic (exact) mass is 444 g/mol. The number of primary amides is 1. The van der Waals surface area contributed by atoms with Crippen LogP contribution in [0.4, 0.5) is 4.79 Å². The topological polar surface area (TPSA) is 169 Å². The normalized spacial score (nSPS) is 31.5. The van der Waals surface area contributed by atoms with Gasteiger partial charge in [0.15, 0.2) is 0 Å². The summed E-state index contributed by atoms with van der Waals surface area (Å²) in [6, 6.07) is 0.281. The van der Waals surface area contributed by atoms with Gasteiger partial charge in [0.2, 0.25) is 5.72 Å². The van der Waals surface area contributed by atoms with Gasteiger partial charge in [-0.2, -0.15) is 18.6 Å². The van der Waals surface area contributed by atoms with E-state index in [2.05, 4.69) is 14.7 Å². The molecule has 30 heavy (non-hydrogen) atoms. The van der Waals surface area contributed by atoms with Gasteiger partial charge in [-0.3, -0.25) is 18.9 Å². The summed E-state index contributed by atoms with van der Waals surface area (Å²) in [6.07, 6.45) is 4.72. The van der Waals surface area contributed by atoms with Crippen LogP contribution in [0.1, 0.15) is 19.3 Å². The van der Waals surface area contributed by atoms with Crippen LogP contribution in [-0.2, 0) is 30.8 Å². The van der Waals surface area contributed by atoms with Crippen LogP contribution in [0.25, 0.3) is 0 Å². The van der Waals surface area contributed by atoms with E-state index in [4.69, 9.17) is 15.0 Å². The van der Waals surface area contributed by atoms with E-state index in [0.717, 1.165) is 24.4 Å². The lowest BCUT2D eigenvalue weighted by molar-refractivity contribution is -0.175. The molecule has 1 aromatic rings. The Hall–Kier alpha value is -2.26. The van der Waals surface area contributed by atoms with Gasteiger partial charge in [-0.05, 0) is 24.8 Å². The third kappa shape index (κ3) is 4.00. The van der Waals surface area contributed by atoms with Crippen LogP contribution < -0.4 is 11.1 Å². The number of hydroxylamine groups is 2. The number of rotatable bonds is 8. The number of ether oxygens (including phenoxy) is 1. The zero-order valence-electron chi connectivity index (χ0n) is 16.1. The van der Waals surface area contributed by atoms with Crippen molar-refractivity contribution in [2.45, 2.75) is 43.6 Å². The van der Waals surface area contributed by atoms with Crippen molar-refractivity contribution in [3.8, 4) is 0 Å². The number of fused-ring (bicyclic) bond motifs is 2. The highest BCUT2D eigenvalue weighted by Gasteiger charge is 2.58. The first kappa shape index (κ1) is 21.0. The Bertz CT molecular complexity index is 909. The minimum absolute atomic E-state index is 0.00267. The van der Waals surface area contributed by atoms with Crippen LogP contribution >= 0.6 is 0 Å². The summed E-state index contributed by atoms with van der Waals surface area (Å²) >= 11 is 0. The number of aromatic nitrogens is 2. The summed E-state index contributed by atoms with van der Waals surface area (Å²) in [5.41, 5.74) is 3.91. The van der Waals surface area contributed by atoms with Gasteiger partial charge in [-0.1, -0.05) is 0 Å². The molecule has 4 atom stereocenters. The highest BCUT2D eigenvalue weighted by molar-refractivity contribution is 7.80. The molecule has 2 bridgehead atoms. The largest absolute Gasteiger partial charge is 0.418 e. The van der Waals surface area contributed by atoms with E-state index >= 15 is 0 Å². The lowest BCUT2D eigenvalue weighted by atomic mass is 9.96. The molecule has 0 aromatic carbocycles. The maximum absolute atomic E-state index is 12.6. The Morgan fingerprint density at radius 2 is 2.27 bits per heavy atom. The third-order valence-electron chi connectivity index (χ3n) is 5.80. The highest BCUT2D eigenvalue weighted by Crippen LogP contribution is 2.38. The number of amides is 3. The summed E-state index contributed by atoms with van der Waals surface area (Å²) < 4.78 is 43.2. The number of hydrogen-bond donors (Lipinski definition) is 3. The third-order valence-corrected chi connectivity index (χ3v) is 6.15. The number of nitrogens with one attached hydrogen (secondary N) is 1. The van der Waals surface area contributed by atoms with Gasteiger partial charge >= 0.3 is 16.4 Å². The van der Waals surface area contributed by atoms with Crippen molar-refractivity contribution >= 4 is 22.3 Å². The van der Waals surface area contributed by atoms with Gasteiger partial charge in [-0.15, -0.1) is 4.28 Å². The molecule has 0 spiro atoms. The lowest BCUT2D eigenvalue weighted by Gasteiger charge is -2.40. The molecule has 3 aliphatic rings. The smallest absolute Gasteiger partial charge is 0.365 e. The highest BCUT2D eigenvalue weighted by atomic mass is 32.3. The number of piperidine rings is 1. The van der Waals surface area contributed by atoms with Crippen LogP contribution in [0.15, 0.2) is 18.5 Å². The van der Waals surface area contributed by atoms with E-state index in [9.17, 15) is 18.0 Å². The zero-order valence-corrected chi connectivity index (χ0v) is 16.9. The number of hydrogen-bond acceptors (Lipinski definition) is 8. The van der Waals surface area contributed by atoms with Gasteiger partial charge in [0.25, 0.3) is 5.91 Å². The van der Waals surface area contributed by atoms with Gasteiger partial charge in [0.05, 0.1) is 12.6 Å². The van der Waals surface area contributed by atoms with E-state index in [0.29, 0.717) is 11.0 Å². The number of urea groups is 1. The molecule has 0 aliphatic carbocycles. The Labute approximate surface area is 173 Å². The molecule has 13 nitrogen and oxygen atoms in total. The van der Waals surface area contributed by atoms with Crippen molar-refractivity contribution in [3.63, 3.8) is 0 Å². The van der Waals surface area contributed by atoms with Gasteiger partial charge < -0.3 is 15.8 Å². The number of carbonyl (C=O) groups is 2. The van der Waals surface area contributed by atoms with Crippen molar-refractivity contribution in [1.29, 1.82) is 0 Å². The molecule has 4 rings (SSSR count). The molecular formula is C16H24N6O7S. The van der Waals surface area contributed by atoms with Gasteiger partial charge in [0, 0.05) is 44.5 Å². The van der Waals surface area contributed by atoms with Crippen molar-refractivity contribution in [3.05, 3.63) is 18.5 Å². The van der Waals surface area contributed by atoms with Crippen LogP contribution in [-0.4, -0.2) is 82.2 Å². The minimum atomic E-state index is -4.89. The molecule has 2 unspecified atom stereocenters. The summed E-state index contributed by atoms with van der Waals surface area (Å²) in [5, 5.41) is 8.09. The Morgan fingerprint density at radius 3 is 2.93 bits per heavy atom. The first-order chi connectivity index (χ1) is 14.2. The average Bonchev–Trinajstić information content (AvgIpc) is 3.39. The zero-order chi connectivity index (χ0) is 21.5. The van der Waals surface area contributed by atoms with Crippen molar-refractivity contribution < 1.29 is 31.6 Å². The Balaban J connectivity index is 1.40. The minimum Gasteiger partial charge on any atom is -0.365 e. The second-order valence-corrected chi connectivity index (χ2v) is 8.81. The predicted molar refractivity (Wildman–Crippen MR) is 99.6 cm³/mol. The van der Waals surface area contributed by atoms with Crippen molar-refractivity contribution in [2.24, 2.45) is 11.7 Å². The first-order valence-electron chi connectivity index (χ1n) is 9.60. The Kier molecular flexibility index (Phi) is 5.44. The van der Waals surface area contributed by atoms with Gasteiger partial charge in [0.1, 0.15) is 0 Å². The van der Waals surface area contributed by atoms with Gasteiger partial charge in [-0.25, -0.2) is 4.79 Å². The van der Waals surface area contributed by atoms with E-state index in [1.54, 1.807) is 6.20 Å². The maximum atomic E-state index is 12.6. The summed E-state index contributed by atoms with van der Waals surface area (Å²) in [5.74, 6) is -0.500. The Morgan fingerprint density at radius 1 is 1.47 bits per heavy atom. The van der Waals surface area contributed by atoms with E-state index < -0.39 is 34.1 Å². The molecule has 4 N–H and O–H groups in total. The fourth-order valence-corrected chi connectivity index (χ4v) is 4.79. The van der Waals surface area contributed by atoms with Crippen molar-refractivity contribution in [1.82, 2.24) is 25.1 Å². The maximum Gasteiger partial charge on any atom is 0.418 e. The molecular weight excluding hydrogens is 420 g/mol. The van der Waals surface area contributed by atoms with Crippen LogP contribution in [0.3, 0.4) is 0 Å². The fraction of sp³-hybridized carbons (Fsp3) is 0.688. The van der Waals surface area contributed by atoms with E-state index in [1.165, 1.54) is 0 Å². The number of nitrogens with zero attached hydrogens (tertiary/aromatic N) is 4. The average molecular weight is 444 g/mol. The molecule has 0 radical (unpaired) electrons. The SMILES string of the molecule is NC(=O)C1(OC[C@H]2C[C@@H](Cn3cccn3)CN2)CCC2CN1C(=O)N2OS(=O)(=O)O. The van der Waals surface area contributed by atoms with Crippen LogP contribution in [0.5, 0.6) is 0 Å². The summed E-state index contributed by atoms with van der Waals surface area (Å²) in [6.45, 7) is 1.66. The predicted octanol–water partition coefficient (Wildman–Crippen LogP) is -1.31. The molecule has 1 aromatic heterocycles. The molecule has 3 aliphatic heterocycles. The molecule has 14 heteroatoms. The molecule has 166 valence electrons.